The molecule has 78 valence electrons. The van der Waals surface area contributed by atoms with Gasteiger partial charge in [-0.25, -0.2) is 0 Å². The zero-order chi connectivity index (χ0) is 12.5. The molecule has 0 atom stereocenters. The molecule has 0 saturated carbocycles. The van der Waals surface area contributed by atoms with Crippen molar-refractivity contribution < 1.29 is 29.7 Å². The van der Waals surface area contributed by atoms with Gasteiger partial charge in [-0.1, -0.05) is 0 Å². The van der Waals surface area contributed by atoms with Gasteiger partial charge in [0.1, 0.15) is 0 Å². The fraction of sp³-hybridized carbons (Fsp3) is 0. The van der Waals surface area contributed by atoms with Crippen LogP contribution >= 0.6 is 0 Å². The van der Waals surface area contributed by atoms with Crippen LogP contribution in [-0.2, 0) is 0 Å². The van der Waals surface area contributed by atoms with Crippen molar-refractivity contribution in [2.24, 2.45) is 0 Å². The summed E-state index contributed by atoms with van der Waals surface area (Å²) in [6.45, 7) is 0. The number of rotatable bonds is 3. The summed E-state index contributed by atoms with van der Waals surface area (Å²) in [5, 5.41) is 26.4. The fourth-order valence-corrected chi connectivity index (χ4v) is 1.93. The zero-order valence-corrected chi connectivity index (χ0v) is 10.2. The Labute approximate surface area is 107 Å². The van der Waals surface area contributed by atoms with Crippen LogP contribution in [0.15, 0.2) is 12.1 Å². The minimum absolute atomic E-state index is 0.437. The van der Waals surface area contributed by atoms with Gasteiger partial charge in [0.2, 0.25) is 0 Å². The zero-order valence-electron chi connectivity index (χ0n) is 8.22. The van der Waals surface area contributed by atoms with Gasteiger partial charge in [-0.05, 0) is 0 Å². The molecule has 1 aromatic carbocycles. The van der Waals surface area contributed by atoms with Crippen LogP contribution in [0.2, 0.25) is 0 Å². The Hall–Kier alpha value is -1.37. The maximum absolute atomic E-state index is 10.8. The van der Waals surface area contributed by atoms with E-state index in [-0.39, 0.29) is 0 Å². The second-order valence-electron chi connectivity index (χ2n) is 3.15. The summed E-state index contributed by atoms with van der Waals surface area (Å²) in [6, 6.07) is 2.37. The van der Waals surface area contributed by atoms with Gasteiger partial charge in [0, 0.05) is 0 Å². The summed E-state index contributed by atoms with van der Waals surface area (Å²) in [6.07, 6.45) is 0. The van der Waals surface area contributed by atoms with Crippen molar-refractivity contribution in [1.82, 2.24) is 0 Å². The van der Waals surface area contributed by atoms with Gasteiger partial charge < -0.3 is 0 Å². The number of benzene rings is 1. The minimum atomic E-state index is -1.56. The summed E-state index contributed by atoms with van der Waals surface area (Å²) in [5.41, 5.74) is -1.66. The van der Waals surface area contributed by atoms with Gasteiger partial charge in [-0.3, -0.25) is 0 Å². The molecule has 0 aliphatic heterocycles. The van der Waals surface area contributed by atoms with Gasteiger partial charge in [0.15, 0.2) is 0 Å². The average molecular weight is 232 g/mol. The number of hydrogen-bond donors (Lipinski definition) is 3. The molecule has 0 heterocycles. The van der Waals surface area contributed by atoms with E-state index in [4.69, 9.17) is 15.3 Å². The molecule has 0 spiro atoms. The molecule has 0 bridgehead atoms. The van der Waals surface area contributed by atoms with E-state index < -0.39 is 34.6 Å². The molecule has 0 aliphatic rings. The van der Waals surface area contributed by atoms with E-state index in [0.717, 1.165) is 0 Å². The van der Waals surface area contributed by atoms with Crippen LogP contribution in [-0.4, -0.2) is 61.2 Å². The Balaban J connectivity index is 3.67. The van der Waals surface area contributed by atoms with Gasteiger partial charge in [0.05, 0.1) is 0 Å². The molecule has 1 aromatic rings. The Kier molecular flexibility index (Phi) is 3.69. The molecule has 7 heteroatoms. The standard InChI is InChI=1S/C9H5O6.Na/c10-7(11)4-2-1-3-5(8(12)13)6(4)9(14)15;/h2-3H,(H,10,11)(H,12,13)(H,14,15);. The second kappa shape index (κ2) is 4.65. The van der Waals surface area contributed by atoms with Crippen LogP contribution in [0.5, 0.6) is 0 Å². The molecule has 0 fully saturated rings. The van der Waals surface area contributed by atoms with Crippen molar-refractivity contribution in [3.05, 3.63) is 28.8 Å². The molecule has 0 aliphatic carbocycles. The van der Waals surface area contributed by atoms with Crippen molar-refractivity contribution in [3.63, 3.8) is 0 Å². The first-order chi connectivity index (χ1) is 7.34. The third-order valence-corrected chi connectivity index (χ3v) is 2.53. The number of hydrogen-bond acceptors (Lipinski definition) is 3. The molecule has 6 nitrogen and oxygen atoms in total. The molecule has 1 rings (SSSR count). The van der Waals surface area contributed by atoms with Crippen molar-refractivity contribution in [1.29, 1.82) is 0 Å². The predicted molar refractivity (Wildman–Crippen MR) is 52.7 cm³/mol. The van der Waals surface area contributed by atoms with Crippen molar-refractivity contribution in [2.45, 2.75) is 0 Å². The summed E-state index contributed by atoms with van der Waals surface area (Å²) in [7, 11) is 0. The molecule has 0 aromatic heterocycles. The van der Waals surface area contributed by atoms with E-state index >= 15 is 0 Å². The van der Waals surface area contributed by atoms with Crippen LogP contribution < -0.4 is 2.81 Å². The second-order valence-corrected chi connectivity index (χ2v) is 4.31. The Morgan fingerprint density at radius 2 is 1.25 bits per heavy atom. The molecule has 0 radical (unpaired) electrons. The molecule has 0 unspecified atom stereocenters. The van der Waals surface area contributed by atoms with Crippen molar-refractivity contribution in [3.8, 4) is 0 Å². The number of carboxylic acid groups (broad SMARTS) is 3. The molecule has 3 N–H and O–H groups in total. The SMILES string of the molecule is O=C(O)c1c[c]([Na])cc(C(=O)O)c1C(=O)O. The van der Waals surface area contributed by atoms with E-state index in [1.165, 1.54) is 12.1 Å². The van der Waals surface area contributed by atoms with Crippen LogP contribution in [0.4, 0.5) is 0 Å². The van der Waals surface area contributed by atoms with Crippen LogP contribution in [0.1, 0.15) is 31.1 Å². The topological polar surface area (TPSA) is 112 Å². The molecule has 0 amide bonds. The number of carboxylic acids is 3. The number of aromatic carboxylic acids is 3. The third-order valence-electron chi connectivity index (χ3n) is 1.96. The molecule has 16 heavy (non-hydrogen) atoms. The fourth-order valence-electron chi connectivity index (χ4n) is 1.35. The van der Waals surface area contributed by atoms with Crippen LogP contribution in [0.25, 0.3) is 0 Å². The third kappa shape index (κ3) is 2.41. The first-order valence-corrected chi connectivity index (χ1v) is 5.19. The molecular weight excluding hydrogens is 227 g/mol. The van der Waals surface area contributed by atoms with Crippen LogP contribution in [0, 0.1) is 0 Å². The van der Waals surface area contributed by atoms with Gasteiger partial charge in [-0.15, -0.1) is 0 Å². The quantitative estimate of drug-likeness (QED) is 0.610. The van der Waals surface area contributed by atoms with E-state index in [9.17, 15) is 14.4 Å². The van der Waals surface area contributed by atoms with Gasteiger partial charge in [0.25, 0.3) is 0 Å². The van der Waals surface area contributed by atoms with Gasteiger partial charge in [-0.2, -0.15) is 0 Å². The first kappa shape index (κ1) is 12.7. The maximum atomic E-state index is 10.8. The van der Waals surface area contributed by atoms with Crippen molar-refractivity contribution >= 4 is 48.7 Å². The van der Waals surface area contributed by atoms with E-state index in [0.29, 0.717) is 30.7 Å². The Morgan fingerprint density at radius 3 is 1.50 bits per heavy atom. The molecular formula is C9H5NaO6. The van der Waals surface area contributed by atoms with E-state index in [2.05, 4.69) is 0 Å². The normalized spacial score (nSPS) is 9.88. The Bertz CT molecular complexity index is 458. The summed E-state index contributed by atoms with van der Waals surface area (Å²) in [4.78, 5) is 32.5. The Morgan fingerprint density at radius 1 is 0.875 bits per heavy atom. The van der Waals surface area contributed by atoms with Crippen molar-refractivity contribution in [2.75, 3.05) is 0 Å². The summed E-state index contributed by atoms with van der Waals surface area (Å²) >= 11 is 0.437. The van der Waals surface area contributed by atoms with Gasteiger partial charge >= 0.3 is 107 Å². The predicted octanol–water partition coefficient (Wildman–Crippen LogP) is -0.425. The monoisotopic (exact) mass is 232 g/mol. The summed E-state index contributed by atoms with van der Waals surface area (Å²) in [5.74, 6) is -4.45. The molecule has 0 saturated heterocycles. The van der Waals surface area contributed by atoms with E-state index in [1.807, 2.05) is 0 Å². The van der Waals surface area contributed by atoms with Crippen LogP contribution in [0.3, 0.4) is 0 Å². The first-order valence-electron chi connectivity index (χ1n) is 4.19. The average Bonchev–Trinajstić information content (AvgIpc) is 2.15. The number of carbonyl (C=O) groups is 3. The van der Waals surface area contributed by atoms with E-state index in [1.54, 1.807) is 0 Å². The summed E-state index contributed by atoms with van der Waals surface area (Å²) < 4.78 is 0.514.